The summed E-state index contributed by atoms with van der Waals surface area (Å²) in [6.45, 7) is 7.20. The first-order chi connectivity index (χ1) is 14.6. The summed E-state index contributed by atoms with van der Waals surface area (Å²) >= 11 is 0. The molecule has 0 aliphatic carbocycles. The molecule has 1 saturated heterocycles. The van der Waals surface area contributed by atoms with Crippen molar-refractivity contribution in [1.29, 1.82) is 0 Å². The Hall–Kier alpha value is -0.176. The number of rotatable bonds is 19. The lowest BCUT2D eigenvalue weighted by molar-refractivity contribution is -0.138. The Morgan fingerprint density at radius 3 is 1.73 bits per heavy atom. The highest BCUT2D eigenvalue weighted by molar-refractivity contribution is 6.71. The second-order valence-corrected chi connectivity index (χ2v) is 14.7. The summed E-state index contributed by atoms with van der Waals surface area (Å²) in [5, 5.41) is 0. The van der Waals surface area contributed by atoms with Crippen LogP contribution in [0, 0.1) is 0 Å². The van der Waals surface area contributed by atoms with Crippen LogP contribution in [0.25, 0.3) is 0 Å². The zero-order chi connectivity index (χ0) is 21.9. The van der Waals surface area contributed by atoms with Crippen LogP contribution in [0.4, 0.5) is 0 Å². The molecule has 1 unspecified atom stereocenters. The van der Waals surface area contributed by atoms with E-state index in [2.05, 4.69) is 20.0 Å². The van der Waals surface area contributed by atoms with Gasteiger partial charge in [-0.2, -0.15) is 0 Å². The Bertz CT molecular complexity index is 412. The first-order valence-corrected chi connectivity index (χ1v) is 17.8. The van der Waals surface area contributed by atoms with Gasteiger partial charge in [0.2, 0.25) is 0 Å². The maximum Gasteiger partial charge on any atom is 0.557 e. The lowest BCUT2D eigenvalue weighted by Crippen LogP contribution is -2.51. The van der Waals surface area contributed by atoms with Crippen molar-refractivity contribution in [2.45, 2.75) is 142 Å². The van der Waals surface area contributed by atoms with E-state index in [1.54, 1.807) is 0 Å². The van der Waals surface area contributed by atoms with Gasteiger partial charge < -0.3 is 13.0 Å². The molecule has 0 radical (unpaired) electrons. The molecule has 1 aliphatic heterocycles. The third-order valence-electron chi connectivity index (χ3n) is 5.87. The Kier molecular flexibility index (Phi) is 17.1. The minimum atomic E-state index is -2.71. The Labute approximate surface area is 189 Å². The van der Waals surface area contributed by atoms with Crippen molar-refractivity contribution in [3.05, 3.63) is 0 Å². The second-order valence-electron chi connectivity index (χ2n) is 9.33. The van der Waals surface area contributed by atoms with Crippen molar-refractivity contribution >= 4 is 23.8 Å². The van der Waals surface area contributed by atoms with Gasteiger partial charge in [-0.25, -0.2) is 0 Å². The topological polar surface area (TPSA) is 44.8 Å². The summed E-state index contributed by atoms with van der Waals surface area (Å²) in [6, 6.07) is 0.808. The maximum atomic E-state index is 12.3. The van der Waals surface area contributed by atoms with E-state index in [9.17, 15) is 4.79 Å². The lowest BCUT2D eigenvalue weighted by Gasteiger charge is -2.33. The monoisotopic (exact) mass is 458 g/mol. The van der Waals surface area contributed by atoms with Gasteiger partial charge in [0.25, 0.3) is 5.97 Å². The van der Waals surface area contributed by atoms with E-state index in [0.717, 1.165) is 31.7 Å². The minimum Gasteiger partial charge on any atom is -0.474 e. The van der Waals surface area contributed by atoms with E-state index in [1.165, 1.54) is 83.5 Å². The van der Waals surface area contributed by atoms with Gasteiger partial charge in [-0.15, -0.1) is 0 Å². The number of unbranched alkanes of at least 4 members (excludes halogenated alkanes) is 14. The fourth-order valence-corrected chi connectivity index (χ4v) is 9.87. The molecule has 0 N–H and O–H groups in total. The predicted octanol–water partition coefficient (Wildman–Crippen LogP) is 7.54. The van der Waals surface area contributed by atoms with Crippen LogP contribution in [-0.4, -0.2) is 30.4 Å². The third kappa shape index (κ3) is 14.8. The molecule has 0 aromatic rings. The molecule has 0 aromatic carbocycles. The van der Waals surface area contributed by atoms with E-state index in [-0.39, 0.29) is 5.97 Å². The third-order valence-corrected chi connectivity index (χ3v) is 11.3. The highest BCUT2D eigenvalue weighted by Crippen LogP contribution is 2.26. The first-order valence-electron chi connectivity index (χ1n) is 13.1. The molecule has 0 amide bonds. The van der Waals surface area contributed by atoms with Gasteiger partial charge >= 0.3 is 8.80 Å². The summed E-state index contributed by atoms with van der Waals surface area (Å²) in [7, 11) is -3.98. The largest absolute Gasteiger partial charge is 0.557 e. The first kappa shape index (κ1) is 27.9. The summed E-state index contributed by atoms with van der Waals surface area (Å²) in [4.78, 5) is 12.3. The van der Waals surface area contributed by atoms with Gasteiger partial charge in [0.1, 0.15) is 0 Å². The zero-order valence-corrected chi connectivity index (χ0v) is 22.5. The van der Waals surface area contributed by atoms with Crippen molar-refractivity contribution in [3.8, 4) is 0 Å². The zero-order valence-electron chi connectivity index (χ0n) is 20.4. The van der Waals surface area contributed by atoms with Crippen molar-refractivity contribution in [2.24, 2.45) is 0 Å². The molecule has 4 nitrogen and oxygen atoms in total. The molecular formula is C24H50O4Si2. The maximum absolute atomic E-state index is 12.3. The highest BCUT2D eigenvalue weighted by atomic mass is 28.4. The average molecular weight is 459 g/mol. The minimum absolute atomic E-state index is 0.104. The molecule has 6 heteroatoms. The van der Waals surface area contributed by atoms with Crippen molar-refractivity contribution in [1.82, 2.24) is 0 Å². The molecule has 1 aliphatic rings. The number of carbonyl (C=O) groups is 1. The van der Waals surface area contributed by atoms with E-state index < -0.39 is 17.8 Å². The molecule has 30 heavy (non-hydrogen) atoms. The molecule has 0 spiro atoms. The lowest BCUT2D eigenvalue weighted by atomic mass is 10.0. The van der Waals surface area contributed by atoms with Gasteiger partial charge in [0.15, 0.2) is 9.04 Å². The molecule has 178 valence electrons. The van der Waals surface area contributed by atoms with Gasteiger partial charge in [0, 0.05) is 19.1 Å². The van der Waals surface area contributed by atoms with Crippen LogP contribution in [-0.2, 0) is 17.8 Å². The average Bonchev–Trinajstić information content (AvgIpc) is 2.71. The van der Waals surface area contributed by atoms with Gasteiger partial charge in [-0.1, -0.05) is 96.8 Å². The van der Waals surface area contributed by atoms with E-state index in [0.29, 0.717) is 13.0 Å². The SMILES string of the molecule is CCCCCCCCCCCCCCCCCC(=O)O[Si]1(O[SiH](C)C)CCCCO1. The molecule has 1 rings (SSSR count). The van der Waals surface area contributed by atoms with Crippen molar-refractivity contribution < 1.29 is 17.8 Å². The molecule has 1 heterocycles. The predicted molar refractivity (Wildman–Crippen MR) is 131 cm³/mol. The number of hydrogen-bond acceptors (Lipinski definition) is 4. The van der Waals surface area contributed by atoms with Crippen LogP contribution < -0.4 is 0 Å². The second kappa shape index (κ2) is 18.4. The van der Waals surface area contributed by atoms with E-state index in [1.807, 2.05) is 0 Å². The molecular weight excluding hydrogens is 408 g/mol. The normalized spacial score (nSPS) is 19.3. The van der Waals surface area contributed by atoms with Gasteiger partial charge in [0.05, 0.1) is 0 Å². The molecule has 0 saturated carbocycles. The van der Waals surface area contributed by atoms with E-state index in [4.69, 9.17) is 13.0 Å². The molecule has 0 bridgehead atoms. The van der Waals surface area contributed by atoms with Crippen LogP contribution in [0.5, 0.6) is 0 Å². The highest BCUT2D eigenvalue weighted by Gasteiger charge is 2.46. The van der Waals surface area contributed by atoms with Crippen LogP contribution in [0.1, 0.15) is 122 Å². The standard InChI is InChI=1S/C24H50O4Si2/c1-4-5-6-7-8-9-10-11-12-13-14-15-16-17-18-21-24(25)27-30(28-29(2)3)23-20-19-22-26-30/h29H,4-23H2,1-3H3. The molecule has 1 atom stereocenters. The summed E-state index contributed by atoms with van der Waals surface area (Å²) in [5.74, 6) is -0.104. The summed E-state index contributed by atoms with van der Waals surface area (Å²) in [6.07, 6.45) is 22.6. The van der Waals surface area contributed by atoms with Crippen LogP contribution in [0.3, 0.4) is 0 Å². The fraction of sp³-hybridized carbons (Fsp3) is 0.958. The molecule has 1 fully saturated rings. The van der Waals surface area contributed by atoms with Gasteiger partial charge in [-0.3, -0.25) is 4.79 Å². The van der Waals surface area contributed by atoms with Crippen molar-refractivity contribution in [2.75, 3.05) is 6.61 Å². The van der Waals surface area contributed by atoms with Gasteiger partial charge in [-0.05, 0) is 32.4 Å². The van der Waals surface area contributed by atoms with Crippen molar-refractivity contribution in [3.63, 3.8) is 0 Å². The number of carbonyl (C=O) groups excluding carboxylic acids is 1. The Morgan fingerprint density at radius 1 is 0.800 bits per heavy atom. The van der Waals surface area contributed by atoms with Crippen LogP contribution in [0.15, 0.2) is 0 Å². The summed E-state index contributed by atoms with van der Waals surface area (Å²) in [5.41, 5.74) is 0. The Morgan fingerprint density at radius 2 is 1.30 bits per heavy atom. The summed E-state index contributed by atoms with van der Waals surface area (Å²) < 4.78 is 17.8. The quantitative estimate of drug-likeness (QED) is 0.148. The fourth-order valence-electron chi connectivity index (χ4n) is 4.17. The Balaban J connectivity index is 1.93. The van der Waals surface area contributed by atoms with Crippen LogP contribution in [0.2, 0.25) is 19.1 Å². The molecule has 0 aromatic heterocycles. The smallest absolute Gasteiger partial charge is 0.474 e. The van der Waals surface area contributed by atoms with E-state index >= 15 is 0 Å². The number of hydrogen-bond donors (Lipinski definition) is 0. The van der Waals surface area contributed by atoms with Crippen LogP contribution >= 0.6 is 0 Å².